The van der Waals surface area contributed by atoms with Crippen molar-refractivity contribution in [3.8, 4) is 5.75 Å². The minimum absolute atomic E-state index is 0.147. The number of rotatable bonds is 3. The molecule has 3 unspecified atom stereocenters. The van der Waals surface area contributed by atoms with Crippen LogP contribution in [0.25, 0.3) is 0 Å². The highest BCUT2D eigenvalue weighted by Crippen LogP contribution is 2.43. The van der Waals surface area contributed by atoms with Crippen molar-refractivity contribution in [2.45, 2.75) is 44.9 Å². The molecule has 1 aromatic rings. The van der Waals surface area contributed by atoms with Gasteiger partial charge in [0.25, 0.3) is 0 Å². The monoisotopic (exact) mass is 302 g/mol. The molecular formula is C18H26N2O2. The van der Waals surface area contributed by atoms with Gasteiger partial charge in [-0.15, -0.1) is 0 Å². The summed E-state index contributed by atoms with van der Waals surface area (Å²) < 4.78 is 5.14. The Kier molecular flexibility index (Phi) is 4.55. The van der Waals surface area contributed by atoms with Gasteiger partial charge < -0.3 is 15.8 Å². The zero-order valence-electron chi connectivity index (χ0n) is 13.3. The Balaban J connectivity index is 1.61. The second kappa shape index (κ2) is 6.59. The lowest BCUT2D eigenvalue weighted by molar-refractivity contribution is -0.122. The molecule has 1 amide bonds. The van der Waals surface area contributed by atoms with E-state index < -0.39 is 0 Å². The number of amides is 1. The summed E-state index contributed by atoms with van der Waals surface area (Å²) in [7, 11) is 1.59. The molecule has 1 aromatic carbocycles. The first-order valence-electron chi connectivity index (χ1n) is 8.41. The van der Waals surface area contributed by atoms with Gasteiger partial charge in [-0.25, -0.2) is 0 Å². The van der Waals surface area contributed by atoms with Crippen LogP contribution in [0.15, 0.2) is 18.2 Å². The molecule has 120 valence electrons. The molecule has 0 aromatic heterocycles. The second-order valence-corrected chi connectivity index (χ2v) is 6.76. The molecule has 2 fully saturated rings. The number of benzene rings is 1. The standard InChI is InChI=1S/C18H26N2O2/c1-22-17-9-8-15(11-16(17)19)20-18(21)14-7-6-12-4-2-3-5-13(12)10-14/h8-9,11-14H,2-7,10,19H2,1H3,(H,20,21). The van der Waals surface area contributed by atoms with Crippen LogP contribution in [0.3, 0.4) is 0 Å². The van der Waals surface area contributed by atoms with E-state index in [4.69, 9.17) is 10.5 Å². The van der Waals surface area contributed by atoms with Crippen molar-refractivity contribution < 1.29 is 9.53 Å². The summed E-state index contributed by atoms with van der Waals surface area (Å²) in [6, 6.07) is 5.41. The van der Waals surface area contributed by atoms with Gasteiger partial charge in [0.1, 0.15) is 5.75 Å². The Bertz CT molecular complexity index is 544. The fourth-order valence-corrected chi connectivity index (χ4v) is 4.17. The lowest BCUT2D eigenvalue weighted by atomic mass is 9.67. The van der Waals surface area contributed by atoms with Crippen LogP contribution >= 0.6 is 0 Å². The van der Waals surface area contributed by atoms with Gasteiger partial charge in [-0.05, 0) is 49.3 Å². The predicted molar refractivity (Wildman–Crippen MR) is 88.8 cm³/mol. The summed E-state index contributed by atoms with van der Waals surface area (Å²) in [6.07, 6.45) is 8.69. The zero-order chi connectivity index (χ0) is 15.5. The van der Waals surface area contributed by atoms with Crippen molar-refractivity contribution >= 4 is 17.3 Å². The third kappa shape index (κ3) is 3.21. The first kappa shape index (κ1) is 15.2. The summed E-state index contributed by atoms with van der Waals surface area (Å²) in [4.78, 5) is 12.5. The van der Waals surface area contributed by atoms with E-state index in [0.29, 0.717) is 11.4 Å². The number of nitrogen functional groups attached to an aromatic ring is 1. The average Bonchev–Trinajstić information content (AvgIpc) is 2.54. The van der Waals surface area contributed by atoms with E-state index in [1.807, 2.05) is 6.07 Å². The minimum atomic E-state index is 0.147. The van der Waals surface area contributed by atoms with Gasteiger partial charge in [0, 0.05) is 11.6 Å². The van der Waals surface area contributed by atoms with Crippen LogP contribution in [0.4, 0.5) is 11.4 Å². The number of fused-ring (bicyclic) bond motifs is 1. The van der Waals surface area contributed by atoms with Gasteiger partial charge in [-0.3, -0.25) is 4.79 Å². The molecule has 0 radical (unpaired) electrons. The van der Waals surface area contributed by atoms with E-state index in [1.54, 1.807) is 19.2 Å². The first-order chi connectivity index (χ1) is 10.7. The number of hydrogen-bond acceptors (Lipinski definition) is 3. The molecule has 3 atom stereocenters. The van der Waals surface area contributed by atoms with Crippen LogP contribution in [-0.4, -0.2) is 13.0 Å². The second-order valence-electron chi connectivity index (χ2n) is 6.76. The third-order valence-corrected chi connectivity index (χ3v) is 5.41. The normalized spacial score (nSPS) is 27.8. The lowest BCUT2D eigenvalue weighted by Crippen LogP contribution is -2.33. The van der Waals surface area contributed by atoms with Crippen molar-refractivity contribution in [1.82, 2.24) is 0 Å². The molecule has 4 heteroatoms. The van der Waals surface area contributed by atoms with Crippen LogP contribution in [-0.2, 0) is 4.79 Å². The van der Waals surface area contributed by atoms with Crippen molar-refractivity contribution in [3.05, 3.63) is 18.2 Å². The number of nitrogens with one attached hydrogen (secondary N) is 1. The number of anilines is 2. The maximum Gasteiger partial charge on any atom is 0.227 e. The summed E-state index contributed by atoms with van der Waals surface area (Å²) in [5.41, 5.74) is 7.21. The van der Waals surface area contributed by atoms with Crippen molar-refractivity contribution in [1.29, 1.82) is 0 Å². The number of methoxy groups -OCH3 is 1. The number of carbonyl (C=O) groups excluding carboxylic acids is 1. The van der Waals surface area contributed by atoms with Gasteiger partial charge >= 0.3 is 0 Å². The van der Waals surface area contributed by atoms with Crippen LogP contribution < -0.4 is 15.8 Å². The molecule has 3 rings (SSSR count). The average molecular weight is 302 g/mol. The predicted octanol–water partition coefficient (Wildman–Crippen LogP) is 3.82. The summed E-state index contributed by atoms with van der Waals surface area (Å²) in [5.74, 6) is 2.57. The zero-order valence-corrected chi connectivity index (χ0v) is 13.3. The van der Waals surface area contributed by atoms with E-state index in [2.05, 4.69) is 5.32 Å². The van der Waals surface area contributed by atoms with Crippen molar-refractivity contribution in [2.75, 3.05) is 18.2 Å². The van der Waals surface area contributed by atoms with E-state index in [-0.39, 0.29) is 11.8 Å². The SMILES string of the molecule is COc1ccc(NC(=O)C2CCC3CCCCC3C2)cc1N. The summed E-state index contributed by atoms with van der Waals surface area (Å²) >= 11 is 0. The largest absolute Gasteiger partial charge is 0.495 e. The Labute approximate surface area is 132 Å². The number of hydrogen-bond donors (Lipinski definition) is 2. The van der Waals surface area contributed by atoms with Crippen LogP contribution in [0.1, 0.15) is 44.9 Å². The number of ether oxygens (including phenoxy) is 1. The lowest BCUT2D eigenvalue weighted by Gasteiger charge is -2.38. The van der Waals surface area contributed by atoms with Crippen LogP contribution in [0.2, 0.25) is 0 Å². The fraction of sp³-hybridized carbons (Fsp3) is 0.611. The van der Waals surface area contributed by atoms with Gasteiger partial charge in [0.15, 0.2) is 0 Å². The van der Waals surface area contributed by atoms with Gasteiger partial charge in [0.2, 0.25) is 5.91 Å². The van der Waals surface area contributed by atoms with E-state index in [0.717, 1.165) is 30.4 Å². The molecule has 4 nitrogen and oxygen atoms in total. The third-order valence-electron chi connectivity index (χ3n) is 5.41. The fourth-order valence-electron chi connectivity index (χ4n) is 4.17. The number of nitrogens with two attached hydrogens (primary N) is 1. The molecule has 22 heavy (non-hydrogen) atoms. The molecule has 2 saturated carbocycles. The molecular weight excluding hydrogens is 276 g/mol. The van der Waals surface area contributed by atoms with Crippen molar-refractivity contribution in [3.63, 3.8) is 0 Å². The summed E-state index contributed by atoms with van der Waals surface area (Å²) in [5, 5.41) is 3.02. The first-order valence-corrected chi connectivity index (χ1v) is 8.41. The maximum absolute atomic E-state index is 12.5. The highest BCUT2D eigenvalue weighted by atomic mass is 16.5. The molecule has 0 spiro atoms. The summed E-state index contributed by atoms with van der Waals surface area (Å²) in [6.45, 7) is 0. The van der Waals surface area contributed by atoms with Crippen molar-refractivity contribution in [2.24, 2.45) is 17.8 Å². The molecule has 2 aliphatic carbocycles. The Morgan fingerprint density at radius 1 is 1.18 bits per heavy atom. The Morgan fingerprint density at radius 3 is 2.68 bits per heavy atom. The smallest absolute Gasteiger partial charge is 0.227 e. The molecule has 0 heterocycles. The van der Waals surface area contributed by atoms with Crippen LogP contribution in [0, 0.1) is 17.8 Å². The van der Waals surface area contributed by atoms with Gasteiger partial charge in [-0.2, -0.15) is 0 Å². The Morgan fingerprint density at radius 2 is 1.95 bits per heavy atom. The number of carbonyl (C=O) groups is 1. The highest BCUT2D eigenvalue weighted by molar-refractivity contribution is 5.93. The highest BCUT2D eigenvalue weighted by Gasteiger charge is 2.34. The molecule has 0 bridgehead atoms. The maximum atomic E-state index is 12.5. The Hall–Kier alpha value is -1.71. The van der Waals surface area contributed by atoms with E-state index in [1.165, 1.54) is 32.1 Å². The molecule has 3 N–H and O–H groups in total. The molecule has 0 aliphatic heterocycles. The van der Waals surface area contributed by atoms with Gasteiger partial charge in [0.05, 0.1) is 12.8 Å². The quantitative estimate of drug-likeness (QED) is 0.834. The van der Waals surface area contributed by atoms with Gasteiger partial charge in [-0.1, -0.05) is 25.7 Å². The van der Waals surface area contributed by atoms with E-state index in [9.17, 15) is 4.79 Å². The molecule has 2 aliphatic rings. The van der Waals surface area contributed by atoms with Crippen LogP contribution in [0.5, 0.6) is 5.75 Å². The topological polar surface area (TPSA) is 64.3 Å². The molecule has 0 saturated heterocycles. The minimum Gasteiger partial charge on any atom is -0.495 e. The van der Waals surface area contributed by atoms with E-state index >= 15 is 0 Å².